The molecule has 0 aliphatic carbocycles. The first kappa shape index (κ1) is 27.1. The van der Waals surface area contributed by atoms with Crippen LogP contribution in [0.3, 0.4) is 0 Å². The molecule has 3 heterocycles. The van der Waals surface area contributed by atoms with Gasteiger partial charge in [-0.05, 0) is 65.6 Å². The molecule has 0 unspecified atom stereocenters. The van der Waals surface area contributed by atoms with Crippen LogP contribution in [0.4, 0.5) is 0 Å². The van der Waals surface area contributed by atoms with Crippen molar-refractivity contribution in [3.8, 4) is 17.2 Å². The van der Waals surface area contributed by atoms with E-state index in [1.165, 1.54) is 12.0 Å². The van der Waals surface area contributed by atoms with Crippen LogP contribution < -0.4 is 14.2 Å². The number of ketones is 1. The van der Waals surface area contributed by atoms with E-state index in [2.05, 4.69) is 4.98 Å². The maximum absolute atomic E-state index is 13.6. The number of carbonyl (C=O) groups excluding carboxylic acids is 2. The summed E-state index contributed by atoms with van der Waals surface area (Å²) in [4.78, 5) is 32.7. The van der Waals surface area contributed by atoms with Gasteiger partial charge in [0.25, 0.3) is 11.7 Å². The number of benzene rings is 3. The van der Waals surface area contributed by atoms with Crippen LogP contribution in [-0.4, -0.2) is 39.9 Å². The molecule has 212 valence electrons. The minimum Gasteiger partial charge on any atom is -0.507 e. The molecule has 2 atom stereocenters. The van der Waals surface area contributed by atoms with Crippen molar-refractivity contribution in [1.29, 1.82) is 0 Å². The molecule has 1 fully saturated rings. The predicted molar refractivity (Wildman–Crippen MR) is 156 cm³/mol. The topological polar surface area (TPSA) is 98.2 Å². The summed E-state index contributed by atoms with van der Waals surface area (Å²) in [6.45, 7) is 2.45. The van der Waals surface area contributed by atoms with Crippen LogP contribution in [0, 0.1) is 0 Å². The van der Waals surface area contributed by atoms with E-state index >= 15 is 0 Å². The van der Waals surface area contributed by atoms with Crippen molar-refractivity contribution in [2.45, 2.75) is 38.6 Å². The van der Waals surface area contributed by atoms with Crippen LogP contribution in [0.2, 0.25) is 0 Å². The molecule has 1 aromatic heterocycles. The van der Waals surface area contributed by atoms with Crippen molar-refractivity contribution in [2.75, 3.05) is 7.11 Å². The third kappa shape index (κ3) is 5.19. The Balaban J connectivity index is 1.41. The Morgan fingerprint density at radius 1 is 1.00 bits per heavy atom. The molecule has 1 amide bonds. The number of ether oxygens (including phenoxy) is 3. The molecular formula is C34H30N2O6. The zero-order valence-electron chi connectivity index (χ0n) is 23.3. The number of hydrogen-bond donors (Lipinski definition) is 1. The Bertz CT molecular complexity index is 1670. The molecule has 1 saturated heterocycles. The van der Waals surface area contributed by atoms with Gasteiger partial charge in [-0.1, -0.05) is 42.5 Å². The highest BCUT2D eigenvalue weighted by Crippen LogP contribution is 2.43. The second-order valence-electron chi connectivity index (χ2n) is 10.4. The lowest BCUT2D eigenvalue weighted by atomic mass is 9.94. The van der Waals surface area contributed by atoms with Crippen LogP contribution in [-0.2, 0) is 29.2 Å². The lowest BCUT2D eigenvalue weighted by Gasteiger charge is -2.26. The highest BCUT2D eigenvalue weighted by Gasteiger charge is 2.46. The number of methoxy groups -OCH3 is 1. The van der Waals surface area contributed by atoms with E-state index in [4.69, 9.17) is 14.2 Å². The molecule has 8 nitrogen and oxygen atoms in total. The van der Waals surface area contributed by atoms with Gasteiger partial charge >= 0.3 is 0 Å². The van der Waals surface area contributed by atoms with Gasteiger partial charge in [0.05, 0.1) is 18.7 Å². The van der Waals surface area contributed by atoms with Crippen molar-refractivity contribution >= 4 is 17.4 Å². The number of nitrogens with zero attached hydrogens (tertiary/aromatic N) is 2. The van der Waals surface area contributed by atoms with Gasteiger partial charge in [-0.3, -0.25) is 14.6 Å². The second-order valence-corrected chi connectivity index (χ2v) is 10.4. The highest BCUT2D eigenvalue weighted by molar-refractivity contribution is 6.46. The van der Waals surface area contributed by atoms with Gasteiger partial charge in [-0.15, -0.1) is 0 Å². The Labute approximate surface area is 243 Å². The summed E-state index contributed by atoms with van der Waals surface area (Å²) in [5, 5.41) is 11.6. The molecule has 0 radical (unpaired) electrons. The standard InChI is InChI=1S/C34H30N2O6/c1-21-15-26-16-25(11-12-27(26)42-21)32(37)30-31(36(34(39)33(30)38)19-23-9-6-14-35-18-23)24-10-13-28(29(17-24)40-2)41-20-22-7-4-3-5-8-22/h3-14,16-18,21,31,37H,15,19-20H2,1-2H3/t21-,31+/m1/s1. The largest absolute Gasteiger partial charge is 0.507 e. The predicted octanol–water partition coefficient (Wildman–Crippen LogP) is 5.61. The van der Waals surface area contributed by atoms with Gasteiger partial charge in [-0.2, -0.15) is 0 Å². The normalized spacial score (nSPS) is 19.0. The third-order valence-corrected chi connectivity index (χ3v) is 7.53. The number of fused-ring (bicyclic) bond motifs is 1. The fourth-order valence-corrected chi connectivity index (χ4v) is 5.51. The summed E-state index contributed by atoms with van der Waals surface area (Å²) >= 11 is 0. The first-order chi connectivity index (χ1) is 20.4. The van der Waals surface area contributed by atoms with Gasteiger partial charge in [0.2, 0.25) is 0 Å². The van der Waals surface area contributed by atoms with E-state index in [1.807, 2.05) is 49.4 Å². The number of rotatable bonds is 8. The maximum Gasteiger partial charge on any atom is 0.295 e. The molecule has 3 aromatic carbocycles. The van der Waals surface area contributed by atoms with E-state index in [0.29, 0.717) is 35.7 Å². The van der Waals surface area contributed by atoms with Gasteiger partial charge in [0.15, 0.2) is 11.5 Å². The Hall–Kier alpha value is -5.11. The summed E-state index contributed by atoms with van der Waals surface area (Å²) in [5.74, 6) is 0.0177. The van der Waals surface area contributed by atoms with Gasteiger partial charge in [0.1, 0.15) is 24.2 Å². The van der Waals surface area contributed by atoms with Crippen LogP contribution >= 0.6 is 0 Å². The lowest BCUT2D eigenvalue weighted by Crippen LogP contribution is -2.29. The highest BCUT2D eigenvalue weighted by atomic mass is 16.5. The average Bonchev–Trinajstić information content (AvgIpc) is 3.51. The number of hydrogen-bond acceptors (Lipinski definition) is 7. The van der Waals surface area contributed by atoms with Crippen molar-refractivity contribution in [3.63, 3.8) is 0 Å². The molecule has 2 aliphatic heterocycles. The van der Waals surface area contributed by atoms with Crippen LogP contribution in [0.5, 0.6) is 17.2 Å². The summed E-state index contributed by atoms with van der Waals surface area (Å²) in [7, 11) is 1.54. The van der Waals surface area contributed by atoms with E-state index in [-0.39, 0.29) is 24.0 Å². The maximum atomic E-state index is 13.6. The van der Waals surface area contributed by atoms with E-state index in [1.54, 1.807) is 48.8 Å². The lowest BCUT2D eigenvalue weighted by molar-refractivity contribution is -0.140. The van der Waals surface area contributed by atoms with Crippen molar-refractivity contribution in [2.24, 2.45) is 0 Å². The van der Waals surface area contributed by atoms with E-state index in [0.717, 1.165) is 22.4 Å². The number of amides is 1. The first-order valence-electron chi connectivity index (χ1n) is 13.7. The Kier molecular flexibility index (Phi) is 7.35. The van der Waals surface area contributed by atoms with Crippen molar-refractivity contribution in [3.05, 3.63) is 125 Å². The molecule has 2 aliphatic rings. The number of aliphatic hydroxyl groups excluding tert-OH is 1. The second kappa shape index (κ2) is 11.4. The summed E-state index contributed by atoms with van der Waals surface area (Å²) < 4.78 is 17.5. The summed E-state index contributed by atoms with van der Waals surface area (Å²) in [5.41, 5.74) is 3.75. The molecule has 0 spiro atoms. The molecule has 0 saturated carbocycles. The fourth-order valence-electron chi connectivity index (χ4n) is 5.51. The van der Waals surface area contributed by atoms with Crippen LogP contribution in [0.15, 0.2) is 96.8 Å². The number of carbonyl (C=O) groups is 2. The third-order valence-electron chi connectivity index (χ3n) is 7.53. The number of likely N-dealkylation sites (tertiary alicyclic amines) is 1. The zero-order valence-corrected chi connectivity index (χ0v) is 23.3. The quantitative estimate of drug-likeness (QED) is 0.169. The van der Waals surface area contributed by atoms with Gasteiger partial charge in [0, 0.05) is 30.9 Å². The molecule has 0 bridgehead atoms. The molecule has 8 heteroatoms. The fraction of sp³-hybridized carbons (Fsp3) is 0.206. The Morgan fingerprint density at radius 3 is 2.57 bits per heavy atom. The zero-order chi connectivity index (χ0) is 29.2. The number of pyridine rings is 1. The monoisotopic (exact) mass is 562 g/mol. The molecule has 42 heavy (non-hydrogen) atoms. The van der Waals surface area contributed by atoms with Crippen LogP contribution in [0.1, 0.15) is 40.8 Å². The number of aromatic nitrogens is 1. The minimum atomic E-state index is -0.870. The number of Topliss-reactive ketones (excluding diaryl/α,β-unsaturated/α-hetero) is 1. The summed E-state index contributed by atoms with van der Waals surface area (Å²) in [6, 6.07) is 23.1. The summed E-state index contributed by atoms with van der Waals surface area (Å²) in [6.07, 6.45) is 4.01. The Morgan fingerprint density at radius 2 is 1.81 bits per heavy atom. The SMILES string of the molecule is COc1cc([C@H]2C(=C(O)c3ccc4c(c3)C[C@@H](C)O4)C(=O)C(=O)N2Cc2cccnc2)ccc1OCc1ccccc1. The van der Waals surface area contributed by atoms with Gasteiger partial charge in [-0.25, -0.2) is 0 Å². The van der Waals surface area contributed by atoms with Crippen LogP contribution in [0.25, 0.3) is 5.76 Å². The van der Waals surface area contributed by atoms with Crippen molar-refractivity contribution in [1.82, 2.24) is 9.88 Å². The van der Waals surface area contributed by atoms with E-state index < -0.39 is 17.7 Å². The molecule has 1 N–H and O–H groups in total. The molecule has 4 aromatic rings. The number of aliphatic hydroxyl groups is 1. The van der Waals surface area contributed by atoms with Crippen molar-refractivity contribution < 1.29 is 28.9 Å². The minimum absolute atomic E-state index is 0.0100. The first-order valence-corrected chi connectivity index (χ1v) is 13.7. The average molecular weight is 563 g/mol. The van der Waals surface area contributed by atoms with E-state index in [9.17, 15) is 14.7 Å². The molecular weight excluding hydrogens is 532 g/mol. The smallest absolute Gasteiger partial charge is 0.295 e. The van der Waals surface area contributed by atoms with Gasteiger partial charge < -0.3 is 24.2 Å². The molecule has 6 rings (SSSR count).